The molecule has 0 aromatic carbocycles. The van der Waals surface area contributed by atoms with Gasteiger partial charge in [-0.2, -0.15) is 0 Å². The highest BCUT2D eigenvalue weighted by Gasteiger charge is 2.30. The molecular weight excluding hydrogens is 1280 g/mol. The molecule has 0 spiro atoms. The van der Waals surface area contributed by atoms with Crippen molar-refractivity contribution in [1.82, 2.24) is 0 Å². The standard InChI is InChI=1S/C79H144O17P2/c1-5-9-13-17-21-25-29-33-36-40-44-48-52-56-60-64-77(82)90-70-75(96-79(84)66-62-58-54-50-46-42-38-35-31-27-23-19-15-11-7-3)72-94-98(87,88)92-68-73(80)67-91-97(85,86)93-71-74(69-89-76(81)63-59-55-51-47-43-39-32-28-24-20-16-12-8-4)95-78(83)65-61-57-53-49-45-41-37-34-30-26-22-18-14-10-6-2/h21-22,25-26,33-38,73-75,80H,5-20,23-24,27-32,39-72H2,1-4H3,(H,85,86)(H,87,88)/b25-21-,26-22-,36-33-,37-34-,38-35-/t73-,74-,75-/m1/s1. The Morgan fingerprint density at radius 1 is 0.286 bits per heavy atom. The highest BCUT2D eigenvalue weighted by molar-refractivity contribution is 7.47. The predicted octanol–water partition coefficient (Wildman–Crippen LogP) is 22.7. The normalized spacial score (nSPS) is 14.2. The Morgan fingerprint density at radius 2 is 0.500 bits per heavy atom. The van der Waals surface area contributed by atoms with Gasteiger partial charge < -0.3 is 33.8 Å². The van der Waals surface area contributed by atoms with Crippen LogP contribution in [0, 0.1) is 0 Å². The molecular formula is C79H144O17P2. The second kappa shape index (κ2) is 72.1. The van der Waals surface area contributed by atoms with E-state index >= 15 is 0 Å². The fourth-order valence-electron chi connectivity index (χ4n) is 10.9. The second-order valence-electron chi connectivity index (χ2n) is 26.7. The third kappa shape index (κ3) is 71.2. The third-order valence-corrected chi connectivity index (χ3v) is 18.9. The minimum Gasteiger partial charge on any atom is -0.462 e. The number of rotatable bonds is 75. The molecule has 0 saturated heterocycles. The summed E-state index contributed by atoms with van der Waals surface area (Å²) in [6.07, 6.45) is 70.5. The number of aliphatic hydroxyl groups is 1. The second-order valence-corrected chi connectivity index (χ2v) is 29.6. The molecule has 0 heterocycles. The minimum absolute atomic E-state index is 0.0837. The number of esters is 4. The largest absolute Gasteiger partial charge is 0.472 e. The Labute approximate surface area is 597 Å². The molecule has 572 valence electrons. The van der Waals surface area contributed by atoms with Crippen LogP contribution in [0.2, 0.25) is 0 Å². The molecule has 3 N–H and O–H groups in total. The number of carbonyl (C=O) groups excluding carboxylic acids is 4. The zero-order valence-electron chi connectivity index (χ0n) is 62.5. The van der Waals surface area contributed by atoms with E-state index in [-0.39, 0.29) is 25.7 Å². The van der Waals surface area contributed by atoms with Crippen LogP contribution in [0.3, 0.4) is 0 Å². The van der Waals surface area contributed by atoms with E-state index in [1.807, 2.05) is 0 Å². The number of phosphoric ester groups is 2. The molecule has 19 heteroatoms. The van der Waals surface area contributed by atoms with Crippen LogP contribution in [0.25, 0.3) is 0 Å². The maximum atomic E-state index is 13.1. The van der Waals surface area contributed by atoms with Gasteiger partial charge in [0.25, 0.3) is 0 Å². The van der Waals surface area contributed by atoms with Crippen LogP contribution >= 0.6 is 15.6 Å². The molecule has 5 atom stereocenters. The van der Waals surface area contributed by atoms with Crippen molar-refractivity contribution in [1.29, 1.82) is 0 Å². The third-order valence-electron chi connectivity index (χ3n) is 17.0. The first-order valence-corrected chi connectivity index (χ1v) is 42.5. The van der Waals surface area contributed by atoms with Crippen molar-refractivity contribution in [3.63, 3.8) is 0 Å². The Kier molecular flexibility index (Phi) is 69.7. The molecule has 0 aliphatic carbocycles. The van der Waals surface area contributed by atoms with Gasteiger partial charge in [-0.3, -0.25) is 37.3 Å². The highest BCUT2D eigenvalue weighted by Crippen LogP contribution is 2.45. The molecule has 98 heavy (non-hydrogen) atoms. The van der Waals surface area contributed by atoms with Gasteiger partial charge in [0.2, 0.25) is 0 Å². The van der Waals surface area contributed by atoms with Crippen LogP contribution in [-0.2, 0) is 65.4 Å². The summed E-state index contributed by atoms with van der Waals surface area (Å²) in [7, 11) is -9.95. The van der Waals surface area contributed by atoms with Crippen molar-refractivity contribution in [2.24, 2.45) is 0 Å². The first-order valence-electron chi connectivity index (χ1n) is 39.5. The summed E-state index contributed by atoms with van der Waals surface area (Å²) in [5.74, 6) is -2.18. The molecule has 0 bridgehead atoms. The van der Waals surface area contributed by atoms with Crippen molar-refractivity contribution in [2.45, 2.75) is 380 Å². The Bertz CT molecular complexity index is 2100. The zero-order valence-corrected chi connectivity index (χ0v) is 64.3. The van der Waals surface area contributed by atoms with E-state index in [1.54, 1.807) is 0 Å². The summed E-state index contributed by atoms with van der Waals surface area (Å²) in [5.41, 5.74) is 0. The summed E-state index contributed by atoms with van der Waals surface area (Å²) < 4.78 is 68.5. The number of aliphatic hydroxyl groups excluding tert-OH is 1. The predicted molar refractivity (Wildman–Crippen MR) is 400 cm³/mol. The van der Waals surface area contributed by atoms with Gasteiger partial charge in [0.15, 0.2) is 12.2 Å². The van der Waals surface area contributed by atoms with Crippen molar-refractivity contribution in [3.05, 3.63) is 60.8 Å². The zero-order chi connectivity index (χ0) is 71.8. The number of allylic oxidation sites excluding steroid dienone is 10. The summed E-state index contributed by atoms with van der Waals surface area (Å²) in [4.78, 5) is 72.9. The molecule has 0 aliphatic rings. The van der Waals surface area contributed by atoms with Crippen LogP contribution < -0.4 is 0 Å². The number of hydrogen-bond acceptors (Lipinski definition) is 15. The lowest BCUT2D eigenvalue weighted by molar-refractivity contribution is -0.161. The molecule has 17 nitrogen and oxygen atoms in total. The van der Waals surface area contributed by atoms with E-state index in [2.05, 4.69) is 88.5 Å². The maximum absolute atomic E-state index is 13.1. The van der Waals surface area contributed by atoms with Gasteiger partial charge in [0.05, 0.1) is 26.4 Å². The first kappa shape index (κ1) is 94.8. The first-order chi connectivity index (χ1) is 47.7. The van der Waals surface area contributed by atoms with Gasteiger partial charge in [-0.15, -0.1) is 0 Å². The molecule has 0 amide bonds. The van der Waals surface area contributed by atoms with Crippen LogP contribution in [0.1, 0.15) is 362 Å². The average molecular weight is 1430 g/mol. The molecule has 0 radical (unpaired) electrons. The van der Waals surface area contributed by atoms with Gasteiger partial charge in [-0.1, -0.05) is 281 Å². The number of ether oxygens (including phenoxy) is 4. The van der Waals surface area contributed by atoms with Crippen molar-refractivity contribution >= 4 is 39.5 Å². The Hall–Kier alpha value is -3.24. The van der Waals surface area contributed by atoms with E-state index in [0.29, 0.717) is 25.7 Å². The molecule has 0 saturated carbocycles. The lowest BCUT2D eigenvalue weighted by atomic mass is 10.0. The quantitative estimate of drug-likeness (QED) is 0.0169. The van der Waals surface area contributed by atoms with Gasteiger partial charge in [0.1, 0.15) is 19.3 Å². The maximum Gasteiger partial charge on any atom is 0.472 e. The van der Waals surface area contributed by atoms with Gasteiger partial charge in [-0.25, -0.2) is 9.13 Å². The molecule has 0 aliphatic heterocycles. The Balaban J connectivity index is 5.35. The highest BCUT2D eigenvalue weighted by atomic mass is 31.2. The smallest absolute Gasteiger partial charge is 0.462 e. The monoisotopic (exact) mass is 1430 g/mol. The van der Waals surface area contributed by atoms with Crippen LogP contribution in [-0.4, -0.2) is 96.7 Å². The fourth-order valence-corrected chi connectivity index (χ4v) is 12.4. The SMILES string of the molecule is CCCCC/C=C\C/C=C\CCCCCCCC(=O)OC[C@H](COP(=O)(O)OC[C@H](O)COP(=O)(O)OC[C@@H](COC(=O)CCCCCCCCCCCCCCC)OC(=O)CCCCCCC/C=C\C/C=C\CCCCC)OC(=O)CCCCCCC/C=C\CCCCCCCC. The van der Waals surface area contributed by atoms with Crippen molar-refractivity contribution in [3.8, 4) is 0 Å². The molecule has 2 unspecified atom stereocenters. The van der Waals surface area contributed by atoms with Crippen LogP contribution in [0.4, 0.5) is 0 Å². The van der Waals surface area contributed by atoms with Gasteiger partial charge >= 0.3 is 39.5 Å². The van der Waals surface area contributed by atoms with Gasteiger partial charge in [0, 0.05) is 25.7 Å². The van der Waals surface area contributed by atoms with Crippen LogP contribution in [0.5, 0.6) is 0 Å². The Morgan fingerprint density at radius 3 is 0.786 bits per heavy atom. The number of unbranched alkanes of at least 4 members (excludes halogenated alkanes) is 39. The van der Waals surface area contributed by atoms with E-state index in [1.165, 1.54) is 135 Å². The summed E-state index contributed by atoms with van der Waals surface area (Å²) in [5, 5.41) is 10.6. The number of phosphoric acid groups is 2. The minimum atomic E-state index is -4.97. The number of carbonyl (C=O) groups is 4. The summed E-state index contributed by atoms with van der Waals surface area (Å²) >= 11 is 0. The topological polar surface area (TPSA) is 237 Å². The van der Waals surface area contributed by atoms with Crippen molar-refractivity contribution < 1.29 is 80.2 Å². The number of hydrogen-bond donors (Lipinski definition) is 3. The molecule has 0 aromatic heterocycles. The van der Waals surface area contributed by atoms with E-state index in [4.69, 9.17) is 37.0 Å². The molecule has 0 aromatic rings. The summed E-state index contributed by atoms with van der Waals surface area (Å²) in [6, 6.07) is 0. The van der Waals surface area contributed by atoms with E-state index in [9.17, 15) is 43.2 Å². The van der Waals surface area contributed by atoms with Gasteiger partial charge in [-0.05, 0) is 116 Å². The van der Waals surface area contributed by atoms with Crippen LogP contribution in [0.15, 0.2) is 60.8 Å². The fraction of sp³-hybridized carbons (Fsp3) is 0.823. The lowest BCUT2D eigenvalue weighted by Crippen LogP contribution is -2.30. The molecule has 0 rings (SSSR count). The lowest BCUT2D eigenvalue weighted by Gasteiger charge is -2.21. The van der Waals surface area contributed by atoms with E-state index < -0.39 is 97.5 Å². The molecule has 0 fully saturated rings. The average Bonchev–Trinajstić information content (AvgIpc) is 1.04. The van der Waals surface area contributed by atoms with Crippen molar-refractivity contribution in [2.75, 3.05) is 39.6 Å². The summed E-state index contributed by atoms with van der Waals surface area (Å²) in [6.45, 7) is 4.84. The van der Waals surface area contributed by atoms with E-state index in [0.717, 1.165) is 148 Å².